The molecular weight excluding hydrogens is 250 g/mol. The van der Waals surface area contributed by atoms with E-state index in [0.717, 1.165) is 4.47 Å². The van der Waals surface area contributed by atoms with Gasteiger partial charge in [-0.2, -0.15) is 0 Å². The van der Waals surface area contributed by atoms with Crippen molar-refractivity contribution in [1.82, 2.24) is 0 Å². The normalized spacial score (nSPS) is 20.3. The first kappa shape index (κ1) is 11.2. The van der Waals surface area contributed by atoms with Crippen molar-refractivity contribution in [2.75, 3.05) is 0 Å². The first-order chi connectivity index (χ1) is 7.03. The van der Waals surface area contributed by atoms with E-state index < -0.39 is 0 Å². The van der Waals surface area contributed by atoms with Gasteiger partial charge in [0.1, 0.15) is 0 Å². The predicted molar refractivity (Wildman–Crippen MR) is 67.9 cm³/mol. The number of hydrogen-bond donors (Lipinski definition) is 1. The van der Waals surface area contributed by atoms with Crippen LogP contribution < -0.4 is 5.73 Å². The minimum atomic E-state index is 0.0644. The first-order valence-corrected chi connectivity index (χ1v) is 6.36. The molecule has 0 saturated heterocycles. The Morgan fingerprint density at radius 1 is 1.33 bits per heavy atom. The van der Waals surface area contributed by atoms with Gasteiger partial charge in [-0.25, -0.2) is 0 Å². The fourth-order valence-electron chi connectivity index (χ4n) is 2.54. The summed E-state index contributed by atoms with van der Waals surface area (Å²) in [6, 6.07) is 8.57. The highest BCUT2D eigenvalue weighted by Gasteiger charge is 2.47. The van der Waals surface area contributed by atoms with Crippen molar-refractivity contribution in [2.24, 2.45) is 11.7 Å². The third-order valence-electron chi connectivity index (χ3n) is 3.32. The molecule has 0 aromatic heterocycles. The van der Waals surface area contributed by atoms with Crippen LogP contribution in [0.4, 0.5) is 0 Å². The minimum absolute atomic E-state index is 0.0644. The van der Waals surface area contributed by atoms with Crippen LogP contribution >= 0.6 is 15.9 Å². The third-order valence-corrected chi connectivity index (χ3v) is 3.81. The van der Waals surface area contributed by atoms with Crippen LogP contribution in [0.15, 0.2) is 28.7 Å². The fraction of sp³-hybridized carbons (Fsp3) is 0.538. The van der Waals surface area contributed by atoms with Crippen LogP contribution in [0.2, 0.25) is 0 Å². The summed E-state index contributed by atoms with van der Waals surface area (Å²) in [5, 5.41) is 0. The summed E-state index contributed by atoms with van der Waals surface area (Å²) in [4.78, 5) is 0. The van der Waals surface area contributed by atoms with Crippen molar-refractivity contribution >= 4 is 15.9 Å². The fourth-order valence-corrected chi connectivity index (χ4v) is 2.95. The molecule has 2 rings (SSSR count). The maximum absolute atomic E-state index is 6.36. The highest BCUT2D eigenvalue weighted by atomic mass is 79.9. The molecule has 1 nitrogen and oxygen atoms in total. The lowest BCUT2D eigenvalue weighted by Gasteiger charge is -2.28. The van der Waals surface area contributed by atoms with Crippen molar-refractivity contribution in [1.29, 1.82) is 0 Å². The maximum Gasteiger partial charge on any atom is 0.0227 e. The van der Waals surface area contributed by atoms with E-state index >= 15 is 0 Å². The average Bonchev–Trinajstić information content (AvgIpc) is 2.83. The zero-order valence-electron chi connectivity index (χ0n) is 9.33. The summed E-state index contributed by atoms with van der Waals surface area (Å²) in [7, 11) is 0. The summed E-state index contributed by atoms with van der Waals surface area (Å²) in [6.07, 6.45) is 2.34. The Balaban J connectivity index is 2.33. The van der Waals surface area contributed by atoms with Crippen molar-refractivity contribution in [3.63, 3.8) is 0 Å². The molecule has 2 N–H and O–H groups in total. The van der Waals surface area contributed by atoms with E-state index in [1.165, 1.54) is 18.4 Å². The highest BCUT2D eigenvalue weighted by molar-refractivity contribution is 9.10. The summed E-state index contributed by atoms with van der Waals surface area (Å²) in [5.74, 6) is 1.10. The van der Waals surface area contributed by atoms with E-state index in [4.69, 9.17) is 5.73 Å². The molecule has 1 saturated carbocycles. The topological polar surface area (TPSA) is 26.0 Å². The number of hydrogen-bond acceptors (Lipinski definition) is 1. The second-order valence-corrected chi connectivity index (χ2v) is 5.93. The second-order valence-electron chi connectivity index (χ2n) is 5.01. The Hall–Kier alpha value is -0.340. The molecule has 0 aliphatic heterocycles. The van der Waals surface area contributed by atoms with Crippen LogP contribution in [0.25, 0.3) is 0 Å². The minimum Gasteiger partial charge on any atom is -0.325 e. The zero-order valence-corrected chi connectivity index (χ0v) is 10.9. The SMILES string of the molecule is CC(C)C(c1cccc(Br)c1)C1(N)CC1. The molecule has 1 aliphatic rings. The quantitative estimate of drug-likeness (QED) is 0.889. The highest BCUT2D eigenvalue weighted by Crippen LogP contribution is 2.48. The van der Waals surface area contributed by atoms with E-state index in [0.29, 0.717) is 11.8 Å². The van der Waals surface area contributed by atoms with Crippen LogP contribution in [0, 0.1) is 5.92 Å². The number of halogens is 1. The number of nitrogens with two attached hydrogens (primary N) is 1. The first-order valence-electron chi connectivity index (χ1n) is 5.57. The summed E-state index contributed by atoms with van der Waals surface area (Å²) >= 11 is 3.53. The van der Waals surface area contributed by atoms with Gasteiger partial charge in [-0.3, -0.25) is 0 Å². The lowest BCUT2D eigenvalue weighted by molar-refractivity contribution is 0.403. The second kappa shape index (κ2) is 3.91. The molecule has 0 bridgehead atoms. The van der Waals surface area contributed by atoms with Gasteiger partial charge in [0.25, 0.3) is 0 Å². The van der Waals surface area contributed by atoms with Crippen molar-refractivity contribution < 1.29 is 0 Å². The van der Waals surface area contributed by atoms with Gasteiger partial charge >= 0.3 is 0 Å². The number of rotatable bonds is 3. The summed E-state index contributed by atoms with van der Waals surface area (Å²) in [6.45, 7) is 4.52. The molecule has 1 aliphatic carbocycles. The molecule has 1 aromatic carbocycles. The van der Waals surface area contributed by atoms with Gasteiger partial charge in [-0.05, 0) is 36.5 Å². The zero-order chi connectivity index (χ0) is 11.1. The Bertz CT molecular complexity index is 355. The van der Waals surface area contributed by atoms with Crippen LogP contribution in [-0.2, 0) is 0 Å². The Kier molecular flexibility index (Phi) is 2.91. The van der Waals surface area contributed by atoms with Gasteiger partial charge in [0.15, 0.2) is 0 Å². The van der Waals surface area contributed by atoms with E-state index in [1.54, 1.807) is 0 Å². The molecule has 82 valence electrons. The Morgan fingerprint density at radius 3 is 2.47 bits per heavy atom. The molecule has 0 heterocycles. The number of benzene rings is 1. The van der Waals surface area contributed by atoms with Gasteiger partial charge < -0.3 is 5.73 Å². The molecule has 15 heavy (non-hydrogen) atoms. The van der Waals surface area contributed by atoms with Crippen molar-refractivity contribution in [3.05, 3.63) is 34.3 Å². The molecule has 1 atom stereocenters. The molecule has 0 radical (unpaired) electrons. The summed E-state index contributed by atoms with van der Waals surface area (Å²) < 4.78 is 1.15. The van der Waals surface area contributed by atoms with Crippen molar-refractivity contribution in [3.8, 4) is 0 Å². The molecule has 0 spiro atoms. The van der Waals surface area contributed by atoms with Crippen LogP contribution in [0.3, 0.4) is 0 Å². The van der Waals surface area contributed by atoms with Gasteiger partial charge in [-0.1, -0.05) is 41.9 Å². The Morgan fingerprint density at radius 2 is 2.00 bits per heavy atom. The monoisotopic (exact) mass is 267 g/mol. The molecule has 2 heteroatoms. The molecule has 1 fully saturated rings. The van der Waals surface area contributed by atoms with Gasteiger partial charge in [0, 0.05) is 15.9 Å². The lowest BCUT2D eigenvalue weighted by atomic mass is 9.81. The largest absolute Gasteiger partial charge is 0.325 e. The maximum atomic E-state index is 6.36. The van der Waals surface area contributed by atoms with E-state index in [2.05, 4.69) is 54.0 Å². The lowest BCUT2D eigenvalue weighted by Crippen LogP contribution is -2.33. The van der Waals surface area contributed by atoms with E-state index in [9.17, 15) is 0 Å². The summed E-state index contributed by atoms with van der Waals surface area (Å²) in [5.41, 5.74) is 7.80. The van der Waals surface area contributed by atoms with E-state index in [1.807, 2.05) is 0 Å². The van der Waals surface area contributed by atoms with Gasteiger partial charge in [-0.15, -0.1) is 0 Å². The van der Waals surface area contributed by atoms with Crippen LogP contribution in [0.1, 0.15) is 38.2 Å². The van der Waals surface area contributed by atoms with Crippen molar-refractivity contribution in [2.45, 2.75) is 38.1 Å². The Labute approximate surface area is 100 Å². The molecule has 1 unspecified atom stereocenters. The standard InChI is InChI=1S/C13H18BrN/c1-9(2)12(13(15)6-7-13)10-4-3-5-11(14)8-10/h3-5,8-9,12H,6-7,15H2,1-2H3. The molecule has 0 amide bonds. The smallest absolute Gasteiger partial charge is 0.0227 e. The average molecular weight is 268 g/mol. The predicted octanol–water partition coefficient (Wildman–Crippen LogP) is 3.68. The van der Waals surface area contributed by atoms with Gasteiger partial charge in [0.05, 0.1) is 0 Å². The van der Waals surface area contributed by atoms with E-state index in [-0.39, 0.29) is 5.54 Å². The van der Waals surface area contributed by atoms with Crippen LogP contribution in [0.5, 0.6) is 0 Å². The molecular formula is C13H18BrN. The van der Waals surface area contributed by atoms with Crippen LogP contribution in [-0.4, -0.2) is 5.54 Å². The molecule has 1 aromatic rings. The van der Waals surface area contributed by atoms with Gasteiger partial charge in [0.2, 0.25) is 0 Å². The third kappa shape index (κ3) is 2.26.